The van der Waals surface area contributed by atoms with E-state index in [1.165, 1.54) is 0 Å². The van der Waals surface area contributed by atoms with Crippen LogP contribution >= 0.6 is 0 Å². The van der Waals surface area contributed by atoms with Crippen LogP contribution in [-0.4, -0.2) is 87.6 Å². The predicted molar refractivity (Wildman–Crippen MR) is 186 cm³/mol. The van der Waals surface area contributed by atoms with E-state index < -0.39 is 53.2 Å². The first-order valence-corrected chi connectivity index (χ1v) is 18.0. The lowest BCUT2D eigenvalue weighted by Crippen LogP contribution is -2.59. The number of aliphatic hydroxyl groups excluding tert-OH is 1. The monoisotopic (exact) mass is 677 g/mol. The Labute approximate surface area is 291 Å². The van der Waals surface area contributed by atoms with E-state index in [1.807, 2.05) is 60.4 Å². The minimum Gasteiger partial charge on any atom is -0.455 e. The molecule has 49 heavy (non-hydrogen) atoms. The highest BCUT2D eigenvalue weighted by Gasteiger charge is 2.72. The molecule has 0 saturated carbocycles. The van der Waals surface area contributed by atoms with Gasteiger partial charge >= 0.3 is 5.97 Å². The Morgan fingerprint density at radius 2 is 1.67 bits per heavy atom. The van der Waals surface area contributed by atoms with Crippen molar-refractivity contribution in [3.63, 3.8) is 0 Å². The summed E-state index contributed by atoms with van der Waals surface area (Å²) in [6.07, 6.45) is 10.1. The number of cyclic esters (lactones) is 1. The van der Waals surface area contributed by atoms with Crippen molar-refractivity contribution in [1.29, 1.82) is 0 Å². The minimum absolute atomic E-state index is 0.0567. The summed E-state index contributed by atoms with van der Waals surface area (Å²) in [5.41, 5.74) is -1.24. The van der Waals surface area contributed by atoms with Crippen molar-refractivity contribution in [2.24, 2.45) is 17.3 Å². The molecule has 4 aliphatic heterocycles. The second-order valence-electron chi connectivity index (χ2n) is 16.0. The molecule has 0 radical (unpaired) electrons. The molecule has 2 fully saturated rings. The molecule has 2 saturated heterocycles. The van der Waals surface area contributed by atoms with Gasteiger partial charge in [-0.05, 0) is 57.4 Å². The van der Waals surface area contributed by atoms with E-state index in [1.54, 1.807) is 11.0 Å². The second-order valence-corrected chi connectivity index (χ2v) is 16.0. The Morgan fingerprint density at radius 1 is 0.959 bits per heavy atom. The molecule has 10 heteroatoms. The fourth-order valence-corrected chi connectivity index (χ4v) is 8.63. The summed E-state index contributed by atoms with van der Waals surface area (Å²) in [6, 6.07) is 7.79. The number of aliphatic hydroxyl groups is 1. The number of fused-ring (bicyclic) bond motifs is 2. The molecule has 2 N–H and O–H groups in total. The Hall–Kier alpha value is -3.50. The van der Waals surface area contributed by atoms with Gasteiger partial charge in [0.15, 0.2) is 0 Å². The molecule has 5 rings (SSSR count). The fraction of sp³-hybridized carbons (Fsp3) is 0.641. The quantitative estimate of drug-likeness (QED) is 0.217. The van der Waals surface area contributed by atoms with Crippen LogP contribution in [0.2, 0.25) is 0 Å². The van der Waals surface area contributed by atoms with E-state index in [0.29, 0.717) is 32.4 Å². The van der Waals surface area contributed by atoms with Crippen LogP contribution in [0.4, 0.5) is 0 Å². The molecule has 10 nitrogen and oxygen atoms in total. The lowest BCUT2D eigenvalue weighted by molar-refractivity contribution is -0.161. The SMILES string of the molecule is C[C@@H]1NC(=O)CC/C=C\[C@@H]2O[C@@]34C=CCN(C(C)(C)CC(C)(C)C)C(=O)[C@@H]3N(CCCCCCO)C(=O)[C@H]4[C@@H]2C(=O)O[C@H]1c1ccccc1. The van der Waals surface area contributed by atoms with E-state index in [-0.39, 0.29) is 36.2 Å². The van der Waals surface area contributed by atoms with Crippen LogP contribution in [-0.2, 0) is 28.7 Å². The lowest BCUT2D eigenvalue weighted by Gasteiger charge is -2.44. The summed E-state index contributed by atoms with van der Waals surface area (Å²) >= 11 is 0. The number of benzene rings is 1. The number of nitrogens with one attached hydrogen (secondary N) is 1. The number of unbranched alkanes of at least 4 members (excludes halogenated alkanes) is 3. The van der Waals surface area contributed by atoms with Crippen LogP contribution in [0, 0.1) is 17.3 Å². The highest BCUT2D eigenvalue weighted by Crippen LogP contribution is 2.54. The number of allylic oxidation sites excluding steroid dienone is 1. The number of carbonyl (C=O) groups is 4. The van der Waals surface area contributed by atoms with Crippen LogP contribution in [0.3, 0.4) is 0 Å². The van der Waals surface area contributed by atoms with Gasteiger partial charge in [-0.3, -0.25) is 19.2 Å². The summed E-state index contributed by atoms with van der Waals surface area (Å²) in [6.45, 7) is 13.2. The van der Waals surface area contributed by atoms with Gasteiger partial charge < -0.3 is 29.7 Å². The summed E-state index contributed by atoms with van der Waals surface area (Å²) in [5.74, 6) is -3.22. The van der Waals surface area contributed by atoms with E-state index in [2.05, 4.69) is 39.9 Å². The summed E-state index contributed by atoms with van der Waals surface area (Å²) in [4.78, 5) is 60.5. The first kappa shape index (κ1) is 36.8. The molecule has 7 atom stereocenters. The minimum atomic E-state index is -1.38. The van der Waals surface area contributed by atoms with E-state index in [9.17, 15) is 24.3 Å². The van der Waals surface area contributed by atoms with Crippen LogP contribution in [0.25, 0.3) is 0 Å². The van der Waals surface area contributed by atoms with Crippen molar-refractivity contribution < 1.29 is 33.8 Å². The van der Waals surface area contributed by atoms with Crippen molar-refractivity contribution in [3.8, 4) is 0 Å². The molecule has 4 aliphatic rings. The highest BCUT2D eigenvalue weighted by molar-refractivity contribution is 5.99. The van der Waals surface area contributed by atoms with E-state index in [0.717, 1.165) is 24.8 Å². The maximum absolute atomic E-state index is 14.9. The first-order valence-electron chi connectivity index (χ1n) is 18.0. The van der Waals surface area contributed by atoms with Crippen LogP contribution in [0.15, 0.2) is 54.6 Å². The zero-order chi connectivity index (χ0) is 35.6. The largest absolute Gasteiger partial charge is 0.455 e. The predicted octanol–water partition coefficient (Wildman–Crippen LogP) is 4.87. The molecular formula is C39H55N3O7. The van der Waals surface area contributed by atoms with Gasteiger partial charge in [0, 0.05) is 31.7 Å². The maximum Gasteiger partial charge on any atom is 0.313 e. The Kier molecular flexibility index (Phi) is 11.1. The van der Waals surface area contributed by atoms with Gasteiger partial charge in [-0.25, -0.2) is 0 Å². The number of likely N-dealkylation sites (tertiary alicyclic amines) is 1. The molecule has 3 amide bonds. The second kappa shape index (κ2) is 14.8. The summed E-state index contributed by atoms with van der Waals surface area (Å²) in [5, 5.41) is 12.3. The number of hydrogen-bond donors (Lipinski definition) is 2. The highest BCUT2D eigenvalue weighted by atomic mass is 16.6. The third-order valence-electron chi connectivity index (χ3n) is 10.3. The smallest absolute Gasteiger partial charge is 0.313 e. The summed E-state index contributed by atoms with van der Waals surface area (Å²) in [7, 11) is 0. The molecule has 0 bridgehead atoms. The van der Waals surface area contributed by atoms with Gasteiger partial charge in [0.1, 0.15) is 23.7 Å². The molecule has 1 aromatic rings. The number of esters is 1. The van der Waals surface area contributed by atoms with E-state index in [4.69, 9.17) is 9.47 Å². The molecule has 268 valence electrons. The number of rotatable bonds is 9. The number of hydrogen-bond acceptors (Lipinski definition) is 7. The molecule has 4 heterocycles. The molecule has 1 spiro atoms. The van der Waals surface area contributed by atoms with Crippen molar-refractivity contribution in [3.05, 3.63) is 60.2 Å². The van der Waals surface area contributed by atoms with Gasteiger partial charge in [0.2, 0.25) is 17.7 Å². The first-order chi connectivity index (χ1) is 23.2. The number of carbonyl (C=O) groups excluding carboxylic acids is 4. The normalized spacial score (nSPS) is 31.6. The topological polar surface area (TPSA) is 125 Å². The van der Waals surface area contributed by atoms with Crippen LogP contribution in [0.1, 0.15) is 98.2 Å². The zero-order valence-electron chi connectivity index (χ0n) is 30.0. The number of ether oxygens (including phenoxy) is 2. The third kappa shape index (κ3) is 7.65. The molecule has 0 aliphatic carbocycles. The average molecular weight is 678 g/mol. The number of nitrogens with zero attached hydrogens (tertiary/aromatic N) is 2. The standard InChI is InChI=1S/C39H55N3O7/c1-26-32(27-17-10-9-11-18-27)48-36(47)30-28(19-12-13-20-29(44)40-26)49-39-21-16-23-42(38(5,6)25-37(2,3)4)35(46)33(39)41(34(45)31(30)39)22-14-7-8-15-24-43/h9-12,16-19,21,26,28,30-33,43H,7-8,13-15,20,22-25H2,1-6H3,(H,40,44)/b19-12-/t26-,28-,30+,31+,32+,33-,39+/m0/s1. The van der Waals surface area contributed by atoms with Gasteiger partial charge in [0.05, 0.1) is 18.1 Å². The van der Waals surface area contributed by atoms with Crippen molar-refractivity contribution >= 4 is 23.7 Å². The molecule has 1 aromatic carbocycles. The van der Waals surface area contributed by atoms with Gasteiger partial charge in [-0.15, -0.1) is 0 Å². The molecule has 0 unspecified atom stereocenters. The maximum atomic E-state index is 14.9. The average Bonchev–Trinajstić information content (AvgIpc) is 3.40. The molecular weight excluding hydrogens is 622 g/mol. The number of amides is 3. The van der Waals surface area contributed by atoms with Crippen molar-refractivity contribution in [1.82, 2.24) is 15.1 Å². The van der Waals surface area contributed by atoms with Crippen LogP contribution in [0.5, 0.6) is 0 Å². The van der Waals surface area contributed by atoms with E-state index >= 15 is 0 Å². The molecule has 0 aromatic heterocycles. The fourth-order valence-electron chi connectivity index (χ4n) is 8.63. The Balaban J connectivity index is 1.57. The van der Waals surface area contributed by atoms with Crippen molar-refractivity contribution in [2.75, 3.05) is 19.7 Å². The van der Waals surface area contributed by atoms with Gasteiger partial charge in [-0.1, -0.05) is 88.2 Å². The zero-order valence-corrected chi connectivity index (χ0v) is 30.0. The van der Waals surface area contributed by atoms with Crippen LogP contribution < -0.4 is 5.32 Å². The Bertz CT molecular complexity index is 1430. The Morgan fingerprint density at radius 3 is 2.37 bits per heavy atom. The third-order valence-corrected chi connectivity index (χ3v) is 10.3. The van der Waals surface area contributed by atoms with Gasteiger partial charge in [0.25, 0.3) is 0 Å². The lowest BCUT2D eigenvalue weighted by atomic mass is 9.77. The summed E-state index contributed by atoms with van der Waals surface area (Å²) < 4.78 is 13.2. The van der Waals surface area contributed by atoms with Crippen molar-refractivity contribution in [2.45, 2.75) is 122 Å². The van der Waals surface area contributed by atoms with Gasteiger partial charge in [-0.2, -0.15) is 0 Å².